The van der Waals surface area contributed by atoms with E-state index < -0.39 is 23.3 Å². The van der Waals surface area contributed by atoms with Gasteiger partial charge in [-0.2, -0.15) is 0 Å². The molecule has 9 heteroatoms. The third-order valence-corrected chi connectivity index (χ3v) is 4.17. The van der Waals surface area contributed by atoms with Gasteiger partial charge in [-0.05, 0) is 59.2 Å². The van der Waals surface area contributed by atoms with E-state index in [0.717, 1.165) is 5.23 Å². The minimum atomic E-state index is -4.88. The molecule has 0 bridgehead atoms. The maximum atomic E-state index is 12.9. The molecule has 1 saturated heterocycles. The van der Waals surface area contributed by atoms with Crippen molar-refractivity contribution in [3.63, 3.8) is 0 Å². The van der Waals surface area contributed by atoms with Gasteiger partial charge in [0.2, 0.25) is 0 Å². The molecule has 2 rings (SSSR count). The maximum absolute atomic E-state index is 12.9. The summed E-state index contributed by atoms with van der Waals surface area (Å²) in [6, 6.07) is 2.80. The molecule has 1 fully saturated rings. The van der Waals surface area contributed by atoms with Crippen LogP contribution in [0.1, 0.15) is 40.2 Å². The van der Waals surface area contributed by atoms with Crippen molar-refractivity contribution in [1.29, 1.82) is 0 Å². The third kappa shape index (κ3) is 4.52. The summed E-state index contributed by atoms with van der Waals surface area (Å²) in [5.41, 5.74) is -1.21. The number of hydrogen-bond acceptors (Lipinski definition) is 6. The van der Waals surface area contributed by atoms with Gasteiger partial charge in [0.25, 0.3) is 0 Å². The zero-order valence-electron chi connectivity index (χ0n) is 15.7. The molecule has 0 radical (unpaired) electrons. The van der Waals surface area contributed by atoms with E-state index in [1.54, 1.807) is 47.6 Å². The molecule has 0 amide bonds. The van der Waals surface area contributed by atoms with E-state index in [1.807, 2.05) is 0 Å². The monoisotopic (exact) mass is 379 g/mol. The summed E-state index contributed by atoms with van der Waals surface area (Å²) in [6.07, 6.45) is -4.88. The number of rotatable bonds is 6. The lowest BCUT2D eigenvalue weighted by Gasteiger charge is -2.26. The Morgan fingerprint density at radius 2 is 1.58 bits per heavy atom. The van der Waals surface area contributed by atoms with Crippen molar-refractivity contribution in [3.8, 4) is 11.5 Å². The summed E-state index contributed by atoms with van der Waals surface area (Å²) in [7, 11) is 0. The minimum Gasteiger partial charge on any atom is -0.465 e. The summed E-state index contributed by atoms with van der Waals surface area (Å²) in [5.74, 6) is -0.399. The molecule has 0 unspecified atom stereocenters. The molecular formula is C17H24F3NO5. The number of ether oxygens (including phenoxy) is 3. The fourth-order valence-corrected chi connectivity index (χ4v) is 2.14. The molecule has 1 aromatic carbocycles. The molecule has 1 aromatic rings. The lowest BCUT2D eigenvalue weighted by atomic mass is 9.90. The van der Waals surface area contributed by atoms with Crippen LogP contribution in [0.15, 0.2) is 12.1 Å². The second-order valence-corrected chi connectivity index (χ2v) is 6.87. The first-order valence-electron chi connectivity index (χ1n) is 8.15. The Balaban J connectivity index is 2.49. The summed E-state index contributed by atoms with van der Waals surface area (Å²) >= 11 is 0. The Bertz CT molecular complexity index is 630. The molecule has 1 aliphatic heterocycles. The second kappa shape index (κ2) is 7.13. The fourth-order valence-electron chi connectivity index (χ4n) is 2.14. The first-order valence-corrected chi connectivity index (χ1v) is 8.15. The molecule has 0 aromatic heterocycles. The van der Waals surface area contributed by atoms with Crippen LogP contribution in [0.4, 0.5) is 18.9 Å². The van der Waals surface area contributed by atoms with Gasteiger partial charge in [-0.25, -0.2) is 9.68 Å². The van der Waals surface area contributed by atoms with Crippen LogP contribution >= 0.6 is 0 Å². The Kier molecular flexibility index (Phi) is 5.65. The fraction of sp³-hybridized carbons (Fsp3) is 0.647. The van der Waals surface area contributed by atoms with E-state index in [2.05, 4.69) is 4.74 Å². The van der Waals surface area contributed by atoms with Gasteiger partial charge in [-0.1, -0.05) is 0 Å². The number of anilines is 1. The smallest absolute Gasteiger partial charge is 0.465 e. The number of benzene rings is 1. The molecule has 0 saturated carbocycles. The number of aryl methyl sites for hydroxylation is 1. The van der Waals surface area contributed by atoms with Crippen LogP contribution in [0.2, 0.25) is 0 Å². The summed E-state index contributed by atoms with van der Waals surface area (Å²) < 4.78 is 53.5. The van der Waals surface area contributed by atoms with E-state index in [0.29, 0.717) is 12.2 Å². The third-order valence-electron chi connectivity index (χ3n) is 4.17. The maximum Gasteiger partial charge on any atom is 0.573 e. The van der Waals surface area contributed by atoms with Crippen molar-refractivity contribution in [2.75, 3.05) is 18.6 Å². The van der Waals surface area contributed by atoms with Crippen LogP contribution in [-0.4, -0.2) is 31.0 Å². The highest BCUT2D eigenvalue weighted by Crippen LogP contribution is 2.48. The van der Waals surface area contributed by atoms with Gasteiger partial charge in [0.05, 0.1) is 0 Å². The van der Waals surface area contributed by atoms with Gasteiger partial charge in [0.1, 0.15) is 11.2 Å². The van der Waals surface area contributed by atoms with Crippen molar-refractivity contribution in [3.05, 3.63) is 17.7 Å². The quantitative estimate of drug-likeness (QED) is 0.536. The highest BCUT2D eigenvalue weighted by atomic mass is 19.4. The van der Waals surface area contributed by atoms with E-state index >= 15 is 0 Å². The molecule has 148 valence electrons. The second-order valence-electron chi connectivity index (χ2n) is 6.87. The summed E-state index contributed by atoms with van der Waals surface area (Å²) in [5, 5.41) is 0.918. The summed E-state index contributed by atoms with van der Waals surface area (Å²) in [4.78, 5) is 11.5. The van der Waals surface area contributed by atoms with Gasteiger partial charge in [-0.15, -0.1) is 18.4 Å². The van der Waals surface area contributed by atoms with Gasteiger partial charge >= 0.3 is 6.36 Å². The lowest BCUT2D eigenvalue weighted by Crippen LogP contribution is -2.41. The largest absolute Gasteiger partial charge is 0.573 e. The van der Waals surface area contributed by atoms with E-state index in [9.17, 15) is 13.2 Å². The van der Waals surface area contributed by atoms with Crippen LogP contribution < -0.4 is 14.7 Å². The van der Waals surface area contributed by atoms with Crippen LogP contribution in [-0.2, 0) is 14.4 Å². The van der Waals surface area contributed by atoms with Crippen molar-refractivity contribution < 1.29 is 37.1 Å². The van der Waals surface area contributed by atoms with Crippen LogP contribution in [0.5, 0.6) is 11.5 Å². The predicted molar refractivity (Wildman–Crippen MR) is 87.8 cm³/mol. The highest BCUT2D eigenvalue weighted by molar-refractivity contribution is 5.67. The van der Waals surface area contributed by atoms with Crippen molar-refractivity contribution in [1.82, 2.24) is 0 Å². The number of halogens is 3. The van der Waals surface area contributed by atoms with Crippen molar-refractivity contribution >= 4 is 5.69 Å². The van der Waals surface area contributed by atoms with Gasteiger partial charge < -0.3 is 14.2 Å². The van der Waals surface area contributed by atoms with Crippen molar-refractivity contribution in [2.45, 2.75) is 59.1 Å². The standard InChI is InChI=1S/C17H24F3NO5/c1-7-22-10-23-12-8-11(2)9-13(24-17(18,19)20)14(12)21-25-15(3,4)16(5,6)26-21/h8-9H,7,10H2,1-6H3. The van der Waals surface area contributed by atoms with E-state index in [4.69, 9.17) is 19.1 Å². The molecule has 1 aliphatic rings. The first-order chi connectivity index (χ1) is 11.9. The summed E-state index contributed by atoms with van der Waals surface area (Å²) in [6.45, 7) is 10.7. The predicted octanol–water partition coefficient (Wildman–Crippen LogP) is 4.51. The zero-order valence-corrected chi connectivity index (χ0v) is 15.7. The minimum absolute atomic E-state index is 0.0891. The molecule has 6 nitrogen and oxygen atoms in total. The van der Waals surface area contributed by atoms with Crippen molar-refractivity contribution in [2.24, 2.45) is 0 Å². The van der Waals surface area contributed by atoms with E-state index in [-0.39, 0.29) is 18.2 Å². The molecule has 0 atom stereocenters. The van der Waals surface area contributed by atoms with Crippen LogP contribution in [0, 0.1) is 6.92 Å². The van der Waals surface area contributed by atoms with Gasteiger partial charge in [0, 0.05) is 6.61 Å². The SMILES string of the molecule is CCOCOc1cc(C)cc(OC(F)(F)F)c1N1OC(C)(C)C(C)(C)O1. The lowest BCUT2D eigenvalue weighted by molar-refractivity contribution is -0.274. The molecule has 26 heavy (non-hydrogen) atoms. The average Bonchev–Trinajstić information content (AvgIpc) is 2.64. The van der Waals surface area contributed by atoms with E-state index in [1.165, 1.54) is 6.07 Å². The molecule has 1 heterocycles. The average molecular weight is 379 g/mol. The first kappa shape index (κ1) is 20.6. The topological polar surface area (TPSA) is 49.4 Å². The number of alkyl halides is 3. The highest BCUT2D eigenvalue weighted by Gasteiger charge is 2.51. The Morgan fingerprint density at radius 1 is 1.04 bits per heavy atom. The Labute approximate surface area is 150 Å². The normalized spacial score (nSPS) is 18.9. The zero-order chi connectivity index (χ0) is 19.8. The molecule has 0 N–H and O–H groups in total. The number of hydrogen-bond donors (Lipinski definition) is 0. The van der Waals surface area contributed by atoms with Crippen LogP contribution in [0.25, 0.3) is 0 Å². The molecular weight excluding hydrogens is 355 g/mol. The van der Waals surface area contributed by atoms with Gasteiger partial charge in [0.15, 0.2) is 24.0 Å². The number of nitrogens with zero attached hydrogens (tertiary/aromatic N) is 1. The van der Waals surface area contributed by atoms with Gasteiger partial charge in [-0.3, -0.25) is 0 Å². The molecule has 0 spiro atoms. The van der Waals surface area contributed by atoms with Crippen LogP contribution in [0.3, 0.4) is 0 Å². The Hall–Kier alpha value is -1.71. The molecule has 0 aliphatic carbocycles. The Morgan fingerprint density at radius 3 is 2.08 bits per heavy atom.